The van der Waals surface area contributed by atoms with Crippen molar-refractivity contribution in [2.45, 2.75) is 19.5 Å². The molecule has 0 amide bonds. The van der Waals surface area contributed by atoms with Crippen molar-refractivity contribution in [3.63, 3.8) is 0 Å². The van der Waals surface area contributed by atoms with E-state index in [2.05, 4.69) is 16.8 Å². The smallest absolute Gasteiger partial charge is 0.354 e. The minimum absolute atomic E-state index is 0.0694. The molecule has 1 heterocycles. The number of pyridine rings is 1. The molecule has 116 valence electrons. The Bertz CT molecular complexity index is 658. The molecule has 0 fully saturated rings. The van der Waals surface area contributed by atoms with Crippen molar-refractivity contribution in [1.82, 2.24) is 9.88 Å². The van der Waals surface area contributed by atoms with Crippen LogP contribution < -0.4 is 4.74 Å². The third-order valence-electron chi connectivity index (χ3n) is 3.67. The summed E-state index contributed by atoms with van der Waals surface area (Å²) in [5.74, 6) is -0.186. The van der Waals surface area contributed by atoms with E-state index in [9.17, 15) is 4.79 Å². The van der Waals surface area contributed by atoms with Crippen LogP contribution in [-0.4, -0.2) is 35.1 Å². The molecule has 0 aliphatic heterocycles. The Balaban J connectivity index is 2.12. The van der Waals surface area contributed by atoms with Crippen LogP contribution in [0.15, 0.2) is 42.5 Å². The van der Waals surface area contributed by atoms with Gasteiger partial charge >= 0.3 is 5.97 Å². The Labute approximate surface area is 130 Å². The van der Waals surface area contributed by atoms with Crippen molar-refractivity contribution in [2.75, 3.05) is 14.2 Å². The van der Waals surface area contributed by atoms with Crippen molar-refractivity contribution >= 4 is 5.97 Å². The van der Waals surface area contributed by atoms with Gasteiger partial charge in [0.2, 0.25) is 0 Å². The number of ether oxygens (including phenoxy) is 1. The molecule has 0 saturated heterocycles. The van der Waals surface area contributed by atoms with Crippen LogP contribution in [0.25, 0.3) is 0 Å². The summed E-state index contributed by atoms with van der Waals surface area (Å²) >= 11 is 0. The molecule has 0 aliphatic rings. The molecular weight excluding hydrogens is 280 g/mol. The van der Waals surface area contributed by atoms with Gasteiger partial charge in [-0.2, -0.15) is 0 Å². The number of carbonyl (C=O) groups is 1. The largest absolute Gasteiger partial charge is 0.497 e. The molecule has 1 aromatic carbocycles. The first-order chi connectivity index (χ1) is 10.5. The standard InChI is InChI=1S/C17H20N2O3/c1-12(13-6-4-8-15(10-13)22-3)19(2)11-14-7-5-9-16(18-14)17(20)21/h4-10,12H,11H2,1-3H3,(H,20,21)/t12-/m1/s1. The van der Waals surface area contributed by atoms with E-state index in [0.717, 1.165) is 17.0 Å². The Hall–Kier alpha value is -2.40. The molecular formula is C17H20N2O3. The van der Waals surface area contributed by atoms with Gasteiger partial charge in [-0.1, -0.05) is 18.2 Å². The van der Waals surface area contributed by atoms with Crippen LogP contribution in [0.5, 0.6) is 5.75 Å². The fraction of sp³-hybridized carbons (Fsp3) is 0.294. The third kappa shape index (κ3) is 3.83. The van der Waals surface area contributed by atoms with Gasteiger partial charge in [-0.25, -0.2) is 9.78 Å². The summed E-state index contributed by atoms with van der Waals surface area (Å²) in [6.45, 7) is 2.66. The summed E-state index contributed by atoms with van der Waals surface area (Å²) in [5, 5.41) is 9.00. The average molecular weight is 300 g/mol. The van der Waals surface area contributed by atoms with Crippen LogP contribution in [0.3, 0.4) is 0 Å². The number of rotatable bonds is 6. The lowest BCUT2D eigenvalue weighted by Crippen LogP contribution is -2.22. The fourth-order valence-corrected chi connectivity index (χ4v) is 2.24. The van der Waals surface area contributed by atoms with Crippen molar-refractivity contribution in [1.29, 1.82) is 0 Å². The minimum Gasteiger partial charge on any atom is -0.497 e. The molecule has 0 bridgehead atoms. The molecule has 2 aromatic rings. The highest BCUT2D eigenvalue weighted by Crippen LogP contribution is 2.23. The predicted octanol–water partition coefficient (Wildman–Crippen LogP) is 2.98. The van der Waals surface area contributed by atoms with E-state index in [4.69, 9.17) is 9.84 Å². The number of benzene rings is 1. The zero-order chi connectivity index (χ0) is 16.1. The molecule has 5 heteroatoms. The topological polar surface area (TPSA) is 62.7 Å². The Morgan fingerprint density at radius 2 is 2.05 bits per heavy atom. The maximum absolute atomic E-state index is 11.0. The van der Waals surface area contributed by atoms with Gasteiger partial charge in [-0.05, 0) is 43.8 Å². The first-order valence-corrected chi connectivity index (χ1v) is 7.04. The van der Waals surface area contributed by atoms with Gasteiger partial charge in [0.15, 0.2) is 0 Å². The Morgan fingerprint density at radius 3 is 2.73 bits per heavy atom. The SMILES string of the molecule is COc1cccc([C@@H](C)N(C)Cc2cccc(C(=O)O)n2)c1. The van der Waals surface area contributed by atoms with Gasteiger partial charge < -0.3 is 9.84 Å². The van der Waals surface area contributed by atoms with Gasteiger partial charge in [0, 0.05) is 12.6 Å². The molecule has 0 saturated carbocycles. The van der Waals surface area contributed by atoms with Crippen molar-refractivity contribution in [2.24, 2.45) is 0 Å². The molecule has 0 spiro atoms. The van der Waals surface area contributed by atoms with Crippen LogP contribution >= 0.6 is 0 Å². The second-order valence-corrected chi connectivity index (χ2v) is 5.19. The Morgan fingerprint density at radius 1 is 1.32 bits per heavy atom. The molecule has 1 atom stereocenters. The molecule has 1 aromatic heterocycles. The van der Waals surface area contributed by atoms with Crippen molar-refractivity contribution in [3.05, 3.63) is 59.4 Å². The summed E-state index contributed by atoms with van der Waals surface area (Å²) in [6.07, 6.45) is 0. The van der Waals surface area contributed by atoms with Gasteiger partial charge in [-0.3, -0.25) is 4.90 Å². The van der Waals surface area contributed by atoms with Gasteiger partial charge in [0.25, 0.3) is 0 Å². The summed E-state index contributed by atoms with van der Waals surface area (Å²) in [4.78, 5) is 17.2. The summed E-state index contributed by atoms with van der Waals surface area (Å²) < 4.78 is 5.25. The number of carboxylic acid groups (broad SMARTS) is 1. The van der Waals surface area contributed by atoms with E-state index in [1.807, 2.05) is 37.4 Å². The summed E-state index contributed by atoms with van der Waals surface area (Å²) in [5.41, 5.74) is 1.94. The van der Waals surface area contributed by atoms with Gasteiger partial charge in [0.1, 0.15) is 11.4 Å². The number of carboxylic acids is 1. The van der Waals surface area contributed by atoms with E-state index in [-0.39, 0.29) is 11.7 Å². The molecule has 22 heavy (non-hydrogen) atoms. The van der Waals surface area contributed by atoms with E-state index in [0.29, 0.717) is 6.54 Å². The average Bonchev–Trinajstić information content (AvgIpc) is 2.54. The van der Waals surface area contributed by atoms with Crippen molar-refractivity contribution in [3.8, 4) is 5.75 Å². The number of aromatic carboxylic acids is 1. The van der Waals surface area contributed by atoms with Gasteiger partial charge in [-0.15, -0.1) is 0 Å². The highest BCUT2D eigenvalue weighted by molar-refractivity contribution is 5.85. The number of aromatic nitrogens is 1. The van der Waals surface area contributed by atoms with Crippen LogP contribution in [0.2, 0.25) is 0 Å². The first kappa shape index (κ1) is 16.0. The third-order valence-corrected chi connectivity index (χ3v) is 3.67. The van der Waals surface area contributed by atoms with Crippen LogP contribution in [0.1, 0.15) is 34.7 Å². The number of hydrogen-bond acceptors (Lipinski definition) is 4. The number of nitrogens with zero attached hydrogens (tertiary/aromatic N) is 2. The van der Waals surface area contributed by atoms with E-state index in [1.54, 1.807) is 13.2 Å². The lowest BCUT2D eigenvalue weighted by molar-refractivity contribution is 0.0690. The zero-order valence-electron chi connectivity index (χ0n) is 13.0. The van der Waals surface area contributed by atoms with E-state index < -0.39 is 5.97 Å². The Kier molecular flexibility index (Phi) is 5.12. The van der Waals surface area contributed by atoms with Gasteiger partial charge in [0.05, 0.1) is 12.8 Å². The van der Waals surface area contributed by atoms with Crippen molar-refractivity contribution < 1.29 is 14.6 Å². The molecule has 1 N–H and O–H groups in total. The van der Waals surface area contributed by atoms with Crippen LogP contribution in [0, 0.1) is 0 Å². The molecule has 2 rings (SSSR count). The highest BCUT2D eigenvalue weighted by Gasteiger charge is 2.14. The number of methoxy groups -OCH3 is 1. The van der Waals surface area contributed by atoms with E-state index in [1.165, 1.54) is 6.07 Å². The van der Waals surface area contributed by atoms with Crippen LogP contribution in [0.4, 0.5) is 0 Å². The molecule has 0 unspecified atom stereocenters. The fourth-order valence-electron chi connectivity index (χ4n) is 2.24. The first-order valence-electron chi connectivity index (χ1n) is 7.04. The van der Waals surface area contributed by atoms with E-state index >= 15 is 0 Å². The lowest BCUT2D eigenvalue weighted by atomic mass is 10.1. The normalized spacial score (nSPS) is 12.2. The molecule has 5 nitrogen and oxygen atoms in total. The maximum Gasteiger partial charge on any atom is 0.354 e. The molecule has 0 radical (unpaired) electrons. The lowest BCUT2D eigenvalue weighted by Gasteiger charge is -2.25. The number of hydrogen-bond donors (Lipinski definition) is 1. The maximum atomic E-state index is 11.0. The summed E-state index contributed by atoms with van der Waals surface area (Å²) in [6, 6.07) is 13.1. The molecule has 0 aliphatic carbocycles. The highest BCUT2D eigenvalue weighted by atomic mass is 16.5. The summed E-state index contributed by atoms with van der Waals surface area (Å²) in [7, 11) is 3.63. The quantitative estimate of drug-likeness (QED) is 0.888. The zero-order valence-corrected chi connectivity index (χ0v) is 13.0. The second kappa shape index (κ2) is 7.04. The minimum atomic E-state index is -1.01. The van der Waals surface area contributed by atoms with Crippen LogP contribution in [-0.2, 0) is 6.54 Å². The monoisotopic (exact) mass is 300 g/mol. The second-order valence-electron chi connectivity index (χ2n) is 5.19. The predicted molar refractivity (Wildman–Crippen MR) is 84.1 cm³/mol.